The number of amides is 1. The van der Waals surface area contributed by atoms with Gasteiger partial charge in [-0.05, 0) is 24.3 Å². The van der Waals surface area contributed by atoms with Gasteiger partial charge >= 0.3 is 11.7 Å². The Kier molecular flexibility index (Phi) is 6.24. The van der Waals surface area contributed by atoms with Crippen LogP contribution in [0.1, 0.15) is 22.6 Å². The van der Waals surface area contributed by atoms with E-state index < -0.39 is 56.7 Å². The zero-order valence-electron chi connectivity index (χ0n) is 15.1. The lowest BCUT2D eigenvalue weighted by Gasteiger charge is -2.30. The molecule has 1 amide bonds. The molecule has 30 heavy (non-hydrogen) atoms. The van der Waals surface area contributed by atoms with E-state index in [1.807, 2.05) is 0 Å². The molecule has 1 heterocycles. The third kappa shape index (κ3) is 4.43. The fourth-order valence-electron chi connectivity index (χ4n) is 2.52. The normalized spacial score (nSPS) is 14.9. The predicted molar refractivity (Wildman–Crippen MR) is 89.8 cm³/mol. The van der Waals surface area contributed by atoms with Gasteiger partial charge in [-0.3, -0.25) is 4.79 Å². The minimum atomic E-state index is -5.60. The van der Waals surface area contributed by atoms with E-state index in [2.05, 4.69) is 10.3 Å². The van der Waals surface area contributed by atoms with Crippen LogP contribution in [0.5, 0.6) is 0 Å². The zero-order chi connectivity index (χ0) is 23.0. The summed E-state index contributed by atoms with van der Waals surface area (Å²) in [5, 5.41) is 12.2. The molecule has 0 bridgehead atoms. The van der Waals surface area contributed by atoms with Gasteiger partial charge in [-0.15, -0.1) is 0 Å². The van der Waals surface area contributed by atoms with Crippen LogP contribution in [0.3, 0.4) is 0 Å². The lowest BCUT2D eigenvalue weighted by atomic mass is 9.97. The van der Waals surface area contributed by atoms with E-state index in [4.69, 9.17) is 0 Å². The number of hydrogen-bond acceptors (Lipinski definition) is 5. The third-order valence-corrected chi connectivity index (χ3v) is 5.67. The molecular formula is C16H15F6N3O4S. The van der Waals surface area contributed by atoms with Crippen molar-refractivity contribution in [1.82, 2.24) is 14.9 Å². The van der Waals surface area contributed by atoms with Gasteiger partial charge in [-0.2, -0.15) is 26.3 Å². The van der Waals surface area contributed by atoms with Crippen LogP contribution in [-0.2, 0) is 22.5 Å². The number of aliphatic hydroxyl groups is 1. The highest BCUT2D eigenvalue weighted by Crippen LogP contribution is 2.40. The minimum Gasteiger partial charge on any atom is -0.374 e. The van der Waals surface area contributed by atoms with Crippen LogP contribution in [0.15, 0.2) is 41.6 Å². The maximum absolute atomic E-state index is 13.4. The number of halogens is 6. The van der Waals surface area contributed by atoms with Crippen molar-refractivity contribution in [2.45, 2.75) is 28.6 Å². The summed E-state index contributed by atoms with van der Waals surface area (Å²) in [5.41, 5.74) is -9.17. The number of benzene rings is 1. The lowest BCUT2D eigenvalue weighted by molar-refractivity contribution is -0.272. The monoisotopic (exact) mass is 459 g/mol. The Hall–Kier alpha value is -2.61. The summed E-state index contributed by atoms with van der Waals surface area (Å²) < 4.78 is 101. The maximum atomic E-state index is 13.4. The molecule has 0 radical (unpaired) electrons. The second kappa shape index (κ2) is 7.91. The topological polar surface area (TPSA) is 101 Å². The molecule has 0 spiro atoms. The number of hydrogen-bond donors (Lipinski definition) is 2. The number of rotatable bonds is 6. The van der Waals surface area contributed by atoms with Crippen molar-refractivity contribution in [1.29, 1.82) is 0 Å². The molecule has 0 saturated heterocycles. The van der Waals surface area contributed by atoms with Gasteiger partial charge in [-0.25, -0.2) is 13.4 Å². The van der Waals surface area contributed by atoms with E-state index in [1.165, 1.54) is 13.2 Å². The van der Waals surface area contributed by atoms with Crippen molar-refractivity contribution in [3.05, 3.63) is 48.0 Å². The fourth-order valence-corrected chi connectivity index (χ4v) is 3.28. The van der Waals surface area contributed by atoms with E-state index in [9.17, 15) is 44.7 Å². The Labute approximate surface area is 166 Å². The maximum Gasteiger partial charge on any atom is 0.501 e. The van der Waals surface area contributed by atoms with Crippen molar-refractivity contribution in [3.8, 4) is 0 Å². The molecule has 0 aliphatic rings. The average molecular weight is 459 g/mol. The summed E-state index contributed by atoms with van der Waals surface area (Å²) in [7, 11) is -4.36. The second-order valence-corrected chi connectivity index (χ2v) is 8.14. The smallest absolute Gasteiger partial charge is 0.374 e. The largest absolute Gasteiger partial charge is 0.501 e. The summed E-state index contributed by atoms with van der Waals surface area (Å²) in [6, 6.07) is 2.67. The number of imidazole rings is 1. The number of nitrogens with one attached hydrogen (secondary N) is 1. The fraction of sp³-hybridized carbons (Fsp3) is 0.375. The minimum absolute atomic E-state index is 0.288. The first-order valence-electron chi connectivity index (χ1n) is 8.08. The number of alkyl halides is 6. The van der Waals surface area contributed by atoms with Crippen LogP contribution in [0, 0.1) is 0 Å². The molecule has 166 valence electrons. The van der Waals surface area contributed by atoms with Gasteiger partial charge in [0.25, 0.3) is 15.7 Å². The van der Waals surface area contributed by atoms with Gasteiger partial charge in [0, 0.05) is 38.0 Å². The van der Waals surface area contributed by atoms with Gasteiger partial charge in [0.15, 0.2) is 0 Å². The zero-order valence-corrected chi connectivity index (χ0v) is 15.9. The molecule has 2 aromatic rings. The standard InChI is InChI=1S/C16H15F6N3O4S/c1-25-9-8-24-13(25)14(27,15(17,18)19)6-7-23-12(26)10-2-4-11(5-3-10)30(28,29)16(20,21)22/h2-5,8-9,27H,6-7H2,1H3,(H,23,26). The molecule has 0 fully saturated rings. The molecular weight excluding hydrogens is 444 g/mol. The number of carbonyl (C=O) groups is 1. The van der Waals surface area contributed by atoms with Crippen molar-refractivity contribution >= 4 is 15.7 Å². The first kappa shape index (κ1) is 23.7. The predicted octanol–water partition coefficient (Wildman–Crippen LogP) is 2.28. The van der Waals surface area contributed by atoms with E-state index in [0.717, 1.165) is 22.9 Å². The highest BCUT2D eigenvalue weighted by molar-refractivity contribution is 7.92. The van der Waals surface area contributed by atoms with Gasteiger partial charge in [0.1, 0.15) is 5.82 Å². The number of sulfone groups is 1. The van der Waals surface area contributed by atoms with Crippen molar-refractivity contribution in [3.63, 3.8) is 0 Å². The summed E-state index contributed by atoms with van der Waals surface area (Å²) in [6.45, 7) is -0.662. The van der Waals surface area contributed by atoms with Gasteiger partial charge in [0.05, 0.1) is 4.90 Å². The number of carbonyl (C=O) groups excluding carboxylic acids is 1. The molecule has 14 heteroatoms. The highest BCUT2D eigenvalue weighted by Gasteiger charge is 2.57. The molecule has 0 saturated carbocycles. The number of nitrogens with zero attached hydrogens (tertiary/aromatic N) is 2. The summed E-state index contributed by atoms with van der Waals surface area (Å²) in [6.07, 6.45) is -3.85. The Bertz CT molecular complexity index is 1010. The van der Waals surface area contributed by atoms with Crippen molar-refractivity contribution in [2.24, 2.45) is 7.05 Å². The average Bonchev–Trinajstić information content (AvgIpc) is 3.06. The van der Waals surface area contributed by atoms with Crippen LogP contribution < -0.4 is 5.32 Å². The Balaban J connectivity index is 2.11. The molecule has 7 nitrogen and oxygen atoms in total. The highest BCUT2D eigenvalue weighted by atomic mass is 32.2. The van der Waals surface area contributed by atoms with E-state index in [1.54, 1.807) is 0 Å². The summed E-state index contributed by atoms with van der Waals surface area (Å²) in [5.74, 6) is -1.67. The van der Waals surface area contributed by atoms with E-state index >= 15 is 0 Å². The Morgan fingerprint density at radius 1 is 1.13 bits per heavy atom. The van der Waals surface area contributed by atoms with Gasteiger partial charge < -0.3 is 15.0 Å². The SMILES string of the molecule is Cn1ccnc1C(O)(CCNC(=O)c1ccc(S(=O)(=O)C(F)(F)F)cc1)C(F)(F)F. The quantitative estimate of drug-likeness (QED) is 0.646. The molecule has 1 aromatic heterocycles. The molecule has 1 atom stereocenters. The first-order chi connectivity index (χ1) is 13.6. The van der Waals surface area contributed by atoms with Gasteiger partial charge in [-0.1, -0.05) is 0 Å². The second-order valence-electron chi connectivity index (χ2n) is 6.20. The van der Waals surface area contributed by atoms with Crippen molar-refractivity contribution in [2.75, 3.05) is 6.54 Å². The number of aryl methyl sites for hydroxylation is 1. The molecule has 0 aliphatic heterocycles. The molecule has 0 aliphatic carbocycles. The Morgan fingerprint density at radius 3 is 2.13 bits per heavy atom. The third-order valence-electron chi connectivity index (χ3n) is 4.16. The van der Waals surface area contributed by atoms with Crippen LogP contribution in [-0.4, -0.2) is 47.2 Å². The van der Waals surface area contributed by atoms with Crippen LogP contribution in [0.4, 0.5) is 26.3 Å². The molecule has 2 rings (SSSR count). The molecule has 1 aromatic carbocycles. The summed E-state index contributed by atoms with van der Waals surface area (Å²) >= 11 is 0. The first-order valence-corrected chi connectivity index (χ1v) is 9.56. The van der Waals surface area contributed by atoms with E-state index in [0.29, 0.717) is 12.1 Å². The molecule has 2 N–H and O–H groups in total. The van der Waals surface area contributed by atoms with E-state index in [-0.39, 0.29) is 5.56 Å². The van der Waals surface area contributed by atoms with Crippen LogP contribution >= 0.6 is 0 Å². The van der Waals surface area contributed by atoms with Crippen LogP contribution in [0.2, 0.25) is 0 Å². The molecule has 1 unspecified atom stereocenters. The Morgan fingerprint density at radius 2 is 1.70 bits per heavy atom. The van der Waals surface area contributed by atoms with Crippen molar-refractivity contribution < 1.29 is 44.7 Å². The summed E-state index contributed by atoms with van der Waals surface area (Å²) in [4.78, 5) is 14.4. The van der Waals surface area contributed by atoms with Gasteiger partial charge in [0.2, 0.25) is 5.60 Å². The van der Waals surface area contributed by atoms with Crippen LogP contribution in [0.25, 0.3) is 0 Å². The number of aromatic nitrogens is 2. The lowest BCUT2D eigenvalue weighted by Crippen LogP contribution is -2.46.